The summed E-state index contributed by atoms with van der Waals surface area (Å²) >= 11 is 7.63. The van der Waals surface area contributed by atoms with Gasteiger partial charge in [-0.2, -0.15) is 11.8 Å². The van der Waals surface area contributed by atoms with Gasteiger partial charge in [-0.25, -0.2) is 0 Å². The molecule has 0 saturated heterocycles. The Morgan fingerprint density at radius 3 is 2.61 bits per heavy atom. The van der Waals surface area contributed by atoms with Crippen LogP contribution in [0.15, 0.2) is 36.4 Å². The van der Waals surface area contributed by atoms with Gasteiger partial charge in [0.25, 0.3) is 11.6 Å². The molecule has 1 unspecified atom stereocenters. The first-order valence-electron chi connectivity index (χ1n) is 10.2. The summed E-state index contributed by atoms with van der Waals surface area (Å²) in [6, 6.07) is 8.33. The van der Waals surface area contributed by atoms with Crippen LogP contribution < -0.4 is 14.8 Å². The first kappa shape index (κ1) is 24.7. The van der Waals surface area contributed by atoms with Gasteiger partial charge in [0.05, 0.1) is 15.5 Å². The fourth-order valence-electron chi connectivity index (χ4n) is 3.33. The highest BCUT2D eigenvalue weighted by molar-refractivity contribution is 7.98. The van der Waals surface area contributed by atoms with Gasteiger partial charge in [-0.05, 0) is 42.2 Å². The number of halogens is 1. The summed E-state index contributed by atoms with van der Waals surface area (Å²) in [7, 11) is 1.66. The Kier molecular flexibility index (Phi) is 8.40. The molecule has 0 aromatic heterocycles. The van der Waals surface area contributed by atoms with E-state index in [1.165, 1.54) is 17.0 Å². The molecule has 0 bridgehead atoms. The number of non-ortho nitro benzene ring substituents is 1. The summed E-state index contributed by atoms with van der Waals surface area (Å²) in [6.07, 6.45) is 2.33. The third-order valence-corrected chi connectivity index (χ3v) is 5.98. The van der Waals surface area contributed by atoms with E-state index in [1.807, 2.05) is 24.5 Å². The molecule has 1 aliphatic rings. The van der Waals surface area contributed by atoms with Gasteiger partial charge in [-0.15, -0.1) is 0 Å². The Bertz CT molecular complexity index is 1050. The minimum absolute atomic E-state index is 0.0533. The van der Waals surface area contributed by atoms with Crippen LogP contribution in [0.4, 0.5) is 5.69 Å². The van der Waals surface area contributed by atoms with Crippen LogP contribution >= 0.6 is 23.4 Å². The molecule has 2 aromatic rings. The van der Waals surface area contributed by atoms with Crippen molar-refractivity contribution in [2.75, 3.05) is 32.3 Å². The van der Waals surface area contributed by atoms with E-state index in [-0.39, 0.29) is 22.2 Å². The minimum atomic E-state index is -0.779. The van der Waals surface area contributed by atoms with Crippen LogP contribution in [0, 0.1) is 10.1 Å². The molecule has 11 heteroatoms. The molecule has 1 aliphatic heterocycles. The molecule has 3 rings (SSSR count). The molecular formula is C22H24ClN3O6S. The van der Waals surface area contributed by atoms with Crippen LogP contribution in [-0.4, -0.2) is 59.9 Å². The number of fused-ring (bicyclic) bond motifs is 1. The van der Waals surface area contributed by atoms with Crippen molar-refractivity contribution in [3.8, 4) is 11.5 Å². The molecule has 9 nitrogen and oxygen atoms in total. The number of nitro benzene ring substituents is 1. The summed E-state index contributed by atoms with van der Waals surface area (Å²) in [5.41, 5.74) is 0.716. The third kappa shape index (κ3) is 6.29. The zero-order valence-corrected chi connectivity index (χ0v) is 19.8. The van der Waals surface area contributed by atoms with E-state index >= 15 is 0 Å². The number of carbonyl (C=O) groups excluding carboxylic acids is 2. The lowest BCUT2D eigenvalue weighted by molar-refractivity contribution is -0.384. The fourth-order valence-corrected chi connectivity index (χ4v) is 4.07. The lowest BCUT2D eigenvalue weighted by atomic mass is 10.1. The van der Waals surface area contributed by atoms with Crippen LogP contribution in [-0.2, 0) is 11.3 Å². The second kappa shape index (κ2) is 11.2. The first-order valence-corrected chi connectivity index (χ1v) is 11.9. The number of ether oxygens (including phenoxy) is 2. The first-order chi connectivity index (χ1) is 15.8. The molecule has 1 heterocycles. The molecule has 1 N–H and O–H groups in total. The van der Waals surface area contributed by atoms with E-state index in [4.69, 9.17) is 21.1 Å². The zero-order chi connectivity index (χ0) is 24.0. The average molecular weight is 494 g/mol. The van der Waals surface area contributed by atoms with Crippen LogP contribution in [0.1, 0.15) is 22.3 Å². The van der Waals surface area contributed by atoms with Crippen molar-refractivity contribution in [3.05, 3.63) is 62.7 Å². The molecule has 176 valence electrons. The number of nitrogens with zero attached hydrogens (tertiary/aromatic N) is 2. The van der Waals surface area contributed by atoms with Gasteiger partial charge in [0.1, 0.15) is 19.3 Å². The van der Waals surface area contributed by atoms with Crippen LogP contribution in [0.2, 0.25) is 5.02 Å². The predicted molar refractivity (Wildman–Crippen MR) is 126 cm³/mol. The summed E-state index contributed by atoms with van der Waals surface area (Å²) in [4.78, 5) is 37.8. The highest BCUT2D eigenvalue weighted by atomic mass is 35.5. The number of rotatable bonds is 9. The number of amides is 2. The molecule has 0 aliphatic carbocycles. The van der Waals surface area contributed by atoms with Gasteiger partial charge < -0.3 is 19.7 Å². The minimum Gasteiger partial charge on any atom is -0.486 e. The smallest absolute Gasteiger partial charge is 0.270 e. The maximum Gasteiger partial charge on any atom is 0.270 e. The van der Waals surface area contributed by atoms with Crippen molar-refractivity contribution in [2.24, 2.45) is 0 Å². The molecule has 0 saturated carbocycles. The van der Waals surface area contributed by atoms with Gasteiger partial charge in [-0.1, -0.05) is 17.7 Å². The van der Waals surface area contributed by atoms with E-state index in [9.17, 15) is 19.7 Å². The number of hydrogen-bond acceptors (Lipinski definition) is 7. The number of nitrogens with one attached hydrogen (secondary N) is 1. The van der Waals surface area contributed by atoms with Gasteiger partial charge >= 0.3 is 0 Å². The van der Waals surface area contributed by atoms with E-state index in [1.54, 1.807) is 18.8 Å². The number of benzene rings is 2. The summed E-state index contributed by atoms with van der Waals surface area (Å²) in [6.45, 7) is 1.29. The summed E-state index contributed by atoms with van der Waals surface area (Å²) in [5.74, 6) is 1.14. The number of nitro groups is 1. The number of thioether (sulfide) groups is 1. The van der Waals surface area contributed by atoms with Crippen molar-refractivity contribution >= 4 is 40.9 Å². The second-order valence-corrected chi connectivity index (χ2v) is 8.79. The van der Waals surface area contributed by atoms with Crippen molar-refractivity contribution in [1.82, 2.24) is 10.2 Å². The molecule has 2 aromatic carbocycles. The molecular weight excluding hydrogens is 470 g/mol. The van der Waals surface area contributed by atoms with Crippen LogP contribution in [0.5, 0.6) is 11.5 Å². The lowest BCUT2D eigenvalue weighted by Crippen LogP contribution is -2.47. The zero-order valence-electron chi connectivity index (χ0n) is 18.2. The molecule has 0 fully saturated rings. The Morgan fingerprint density at radius 2 is 1.94 bits per heavy atom. The van der Waals surface area contributed by atoms with E-state index in [0.717, 1.165) is 11.6 Å². The highest BCUT2D eigenvalue weighted by Crippen LogP contribution is 2.31. The number of hydrogen-bond donors (Lipinski definition) is 1. The Hall–Kier alpha value is -2.98. The van der Waals surface area contributed by atoms with E-state index in [0.29, 0.717) is 43.4 Å². The molecule has 33 heavy (non-hydrogen) atoms. The van der Waals surface area contributed by atoms with Gasteiger partial charge in [0, 0.05) is 25.7 Å². The van der Waals surface area contributed by atoms with Gasteiger partial charge in [0.2, 0.25) is 5.91 Å². The van der Waals surface area contributed by atoms with Gasteiger partial charge in [0.15, 0.2) is 11.5 Å². The quantitative estimate of drug-likeness (QED) is 0.420. The maximum absolute atomic E-state index is 13.2. The Labute approximate surface area is 200 Å². The van der Waals surface area contributed by atoms with Crippen molar-refractivity contribution in [1.29, 1.82) is 0 Å². The molecule has 1 atom stereocenters. The second-order valence-electron chi connectivity index (χ2n) is 7.40. The monoisotopic (exact) mass is 493 g/mol. The Balaban J connectivity index is 1.71. The van der Waals surface area contributed by atoms with Crippen molar-refractivity contribution in [3.63, 3.8) is 0 Å². The summed E-state index contributed by atoms with van der Waals surface area (Å²) in [5, 5.41) is 13.6. The van der Waals surface area contributed by atoms with Crippen LogP contribution in [0.25, 0.3) is 0 Å². The largest absolute Gasteiger partial charge is 0.486 e. The molecule has 0 radical (unpaired) electrons. The highest BCUT2D eigenvalue weighted by Gasteiger charge is 2.26. The SMILES string of the molecule is CSCCC(NC(=O)c1ccc([N+](=O)[O-])cc1Cl)C(=O)N(C)Cc1ccc2c(c1)OCCO2. The van der Waals surface area contributed by atoms with Crippen molar-refractivity contribution in [2.45, 2.75) is 19.0 Å². The third-order valence-electron chi connectivity index (χ3n) is 5.02. The maximum atomic E-state index is 13.2. The van der Waals surface area contributed by atoms with E-state index < -0.39 is 16.9 Å². The van der Waals surface area contributed by atoms with Gasteiger partial charge in [-0.3, -0.25) is 19.7 Å². The summed E-state index contributed by atoms with van der Waals surface area (Å²) < 4.78 is 11.1. The number of carbonyl (C=O) groups is 2. The predicted octanol–water partition coefficient (Wildman–Crippen LogP) is 3.53. The van der Waals surface area contributed by atoms with Crippen molar-refractivity contribution < 1.29 is 24.0 Å². The number of likely N-dealkylation sites (N-methyl/N-ethyl adjacent to an activating group) is 1. The lowest BCUT2D eigenvalue weighted by Gasteiger charge is -2.25. The Morgan fingerprint density at radius 1 is 1.21 bits per heavy atom. The average Bonchev–Trinajstić information content (AvgIpc) is 2.80. The topological polar surface area (TPSA) is 111 Å². The van der Waals surface area contributed by atoms with E-state index in [2.05, 4.69) is 5.32 Å². The standard InChI is InChI=1S/C22H24ClN3O6S/c1-25(13-14-3-6-19-20(11-14)32-9-8-31-19)22(28)18(7-10-33-2)24-21(27)16-5-4-15(26(29)30)12-17(16)23/h3-6,11-12,18H,7-10,13H2,1-2H3,(H,24,27). The fraction of sp³-hybridized carbons (Fsp3) is 0.364. The molecule has 2 amide bonds. The molecule has 0 spiro atoms. The normalized spacial score (nSPS) is 13.2. The van der Waals surface area contributed by atoms with Crippen LogP contribution in [0.3, 0.4) is 0 Å².